The minimum atomic E-state index is -0.722. The first-order valence-electron chi connectivity index (χ1n) is 10.5. The van der Waals surface area contributed by atoms with Crippen molar-refractivity contribution in [2.75, 3.05) is 11.9 Å². The normalized spacial score (nSPS) is 11.8. The number of nitrogens with one attached hydrogen (secondary N) is 1. The van der Waals surface area contributed by atoms with Crippen LogP contribution in [0.15, 0.2) is 102 Å². The minimum Gasteiger partial charge on any atom is -0.395 e. The SMILES string of the molecule is CCON=C(C(=O)Cl)c1csc(NC(c2ccccc2)(c2ccccc2)c2ccccc2)n1. The molecule has 7 heteroatoms. The molecule has 0 atom stereocenters. The summed E-state index contributed by atoms with van der Waals surface area (Å²) in [6, 6.07) is 30.6. The number of benzene rings is 3. The molecule has 166 valence electrons. The van der Waals surface area contributed by atoms with E-state index in [4.69, 9.17) is 16.4 Å². The van der Waals surface area contributed by atoms with Gasteiger partial charge in [0.25, 0.3) is 5.24 Å². The highest BCUT2D eigenvalue weighted by molar-refractivity contribution is 7.14. The van der Waals surface area contributed by atoms with Crippen LogP contribution in [0.25, 0.3) is 0 Å². The molecule has 0 radical (unpaired) electrons. The number of hydrogen-bond donors (Lipinski definition) is 1. The van der Waals surface area contributed by atoms with E-state index in [1.165, 1.54) is 11.3 Å². The van der Waals surface area contributed by atoms with Crippen molar-refractivity contribution in [1.29, 1.82) is 0 Å². The Kier molecular flexibility index (Phi) is 7.17. The molecule has 0 amide bonds. The molecule has 0 aliphatic carbocycles. The van der Waals surface area contributed by atoms with Gasteiger partial charge in [0.2, 0.25) is 0 Å². The van der Waals surface area contributed by atoms with Crippen molar-refractivity contribution < 1.29 is 9.63 Å². The van der Waals surface area contributed by atoms with E-state index in [1.807, 2.05) is 54.6 Å². The van der Waals surface area contributed by atoms with Gasteiger partial charge in [0.1, 0.15) is 17.8 Å². The zero-order valence-electron chi connectivity index (χ0n) is 17.9. The van der Waals surface area contributed by atoms with E-state index in [-0.39, 0.29) is 5.71 Å². The fraction of sp³-hybridized carbons (Fsp3) is 0.115. The van der Waals surface area contributed by atoms with Gasteiger partial charge in [-0.1, -0.05) is 96.2 Å². The molecule has 0 fully saturated rings. The second-order valence-corrected chi connectivity index (χ2v) is 8.34. The fourth-order valence-electron chi connectivity index (χ4n) is 3.69. The summed E-state index contributed by atoms with van der Waals surface area (Å²) in [5, 5.41) is 9.15. The van der Waals surface area contributed by atoms with Gasteiger partial charge >= 0.3 is 0 Å². The molecule has 0 bridgehead atoms. The minimum absolute atomic E-state index is 0.0208. The van der Waals surface area contributed by atoms with Crippen molar-refractivity contribution in [3.8, 4) is 0 Å². The van der Waals surface area contributed by atoms with E-state index >= 15 is 0 Å². The molecule has 4 rings (SSSR count). The Balaban J connectivity index is 1.87. The molecule has 0 saturated heterocycles. The molecule has 1 aromatic heterocycles. The zero-order chi connectivity index (χ0) is 23.1. The Morgan fingerprint density at radius 1 is 0.939 bits per heavy atom. The number of carbonyl (C=O) groups is 1. The monoisotopic (exact) mass is 475 g/mol. The number of aromatic nitrogens is 1. The van der Waals surface area contributed by atoms with Crippen molar-refractivity contribution in [2.45, 2.75) is 12.5 Å². The van der Waals surface area contributed by atoms with E-state index in [9.17, 15) is 4.79 Å². The lowest BCUT2D eigenvalue weighted by atomic mass is 9.77. The number of nitrogens with zero attached hydrogens (tertiary/aromatic N) is 2. The smallest absolute Gasteiger partial charge is 0.276 e. The molecule has 0 unspecified atom stereocenters. The largest absolute Gasteiger partial charge is 0.395 e. The maximum absolute atomic E-state index is 11.9. The first-order chi connectivity index (χ1) is 16.1. The van der Waals surface area contributed by atoms with Gasteiger partial charge < -0.3 is 10.2 Å². The molecular formula is C26H22ClN3O2S. The highest BCUT2D eigenvalue weighted by Crippen LogP contribution is 2.40. The van der Waals surface area contributed by atoms with Crippen molar-refractivity contribution >= 4 is 39.0 Å². The predicted octanol–water partition coefficient (Wildman–Crippen LogP) is 6.05. The molecule has 3 aromatic carbocycles. The van der Waals surface area contributed by atoms with Crippen LogP contribution in [0.2, 0.25) is 0 Å². The summed E-state index contributed by atoms with van der Waals surface area (Å²) in [4.78, 5) is 21.6. The van der Waals surface area contributed by atoms with E-state index in [0.717, 1.165) is 16.7 Å². The summed E-state index contributed by atoms with van der Waals surface area (Å²) in [7, 11) is 0. The van der Waals surface area contributed by atoms with Crippen LogP contribution in [0, 0.1) is 0 Å². The van der Waals surface area contributed by atoms with E-state index < -0.39 is 10.8 Å². The highest BCUT2D eigenvalue weighted by Gasteiger charge is 2.37. The lowest BCUT2D eigenvalue weighted by Gasteiger charge is -2.36. The van der Waals surface area contributed by atoms with Crippen LogP contribution in [0.5, 0.6) is 0 Å². The number of hydrogen-bond acceptors (Lipinski definition) is 6. The second kappa shape index (κ2) is 10.4. The fourth-order valence-corrected chi connectivity index (χ4v) is 4.58. The Hall–Kier alpha value is -3.48. The maximum atomic E-state index is 11.9. The topological polar surface area (TPSA) is 63.6 Å². The third kappa shape index (κ3) is 4.82. The van der Waals surface area contributed by atoms with Crippen LogP contribution in [0.1, 0.15) is 29.3 Å². The average molecular weight is 476 g/mol. The number of oxime groups is 1. The van der Waals surface area contributed by atoms with Gasteiger partial charge in [-0.2, -0.15) is 0 Å². The van der Waals surface area contributed by atoms with Gasteiger partial charge in [-0.15, -0.1) is 11.3 Å². The maximum Gasteiger partial charge on any atom is 0.276 e. The lowest BCUT2D eigenvalue weighted by molar-refractivity contribution is -0.106. The van der Waals surface area contributed by atoms with Gasteiger partial charge in [0.15, 0.2) is 10.8 Å². The quantitative estimate of drug-likeness (QED) is 0.138. The number of anilines is 1. The summed E-state index contributed by atoms with van der Waals surface area (Å²) < 4.78 is 0. The molecule has 5 nitrogen and oxygen atoms in total. The van der Waals surface area contributed by atoms with E-state index in [1.54, 1.807) is 12.3 Å². The third-order valence-corrected chi connectivity index (χ3v) is 6.07. The number of carbonyl (C=O) groups excluding carboxylic acids is 1. The molecule has 4 aromatic rings. The molecule has 0 spiro atoms. The first-order valence-corrected chi connectivity index (χ1v) is 11.7. The standard InChI is InChI=1S/C26H22ClN3O2S/c1-2-32-30-23(24(27)31)22-18-33-25(28-22)29-26(19-12-6-3-7-13-19,20-14-8-4-9-15-20)21-16-10-5-11-17-21/h3-18H,2H2,1H3,(H,28,29). The van der Waals surface area contributed by atoms with Crippen molar-refractivity contribution in [2.24, 2.45) is 5.16 Å². The number of halogens is 1. The molecule has 0 saturated carbocycles. The van der Waals surface area contributed by atoms with Crippen molar-refractivity contribution in [3.63, 3.8) is 0 Å². The predicted molar refractivity (Wildman–Crippen MR) is 134 cm³/mol. The Morgan fingerprint density at radius 2 is 1.42 bits per heavy atom. The molecule has 0 aliphatic rings. The van der Waals surface area contributed by atoms with E-state index in [2.05, 4.69) is 51.9 Å². The molecule has 1 heterocycles. The molecule has 0 aliphatic heterocycles. The van der Waals surface area contributed by atoms with Gasteiger partial charge in [-0.05, 0) is 35.2 Å². The average Bonchev–Trinajstić information content (AvgIpc) is 3.32. The zero-order valence-corrected chi connectivity index (χ0v) is 19.5. The summed E-state index contributed by atoms with van der Waals surface area (Å²) >= 11 is 7.11. The molecular weight excluding hydrogens is 454 g/mol. The first kappa shape index (κ1) is 22.7. The van der Waals surface area contributed by atoms with Crippen LogP contribution in [0.3, 0.4) is 0 Å². The third-order valence-electron chi connectivity index (χ3n) is 5.13. The number of thiazole rings is 1. The van der Waals surface area contributed by atoms with Crippen LogP contribution < -0.4 is 5.32 Å². The Morgan fingerprint density at radius 3 is 1.85 bits per heavy atom. The van der Waals surface area contributed by atoms with Crippen LogP contribution in [-0.2, 0) is 15.2 Å². The van der Waals surface area contributed by atoms with Crippen molar-refractivity contribution in [3.05, 3.63) is 119 Å². The van der Waals surface area contributed by atoms with Crippen LogP contribution in [0.4, 0.5) is 5.13 Å². The summed E-state index contributed by atoms with van der Waals surface area (Å²) in [5.41, 5.74) is 2.77. The summed E-state index contributed by atoms with van der Waals surface area (Å²) in [6.07, 6.45) is 0. The van der Waals surface area contributed by atoms with Gasteiger partial charge in [0, 0.05) is 5.38 Å². The van der Waals surface area contributed by atoms with Gasteiger partial charge in [0.05, 0.1) is 0 Å². The second-order valence-electron chi connectivity index (χ2n) is 7.14. The molecule has 1 N–H and O–H groups in total. The highest BCUT2D eigenvalue weighted by atomic mass is 35.5. The number of rotatable bonds is 9. The van der Waals surface area contributed by atoms with Crippen LogP contribution >= 0.6 is 22.9 Å². The Bertz CT molecular complexity index is 1130. The molecule has 33 heavy (non-hydrogen) atoms. The summed E-state index contributed by atoms with van der Waals surface area (Å²) in [5.74, 6) is 0. The lowest BCUT2D eigenvalue weighted by Crippen LogP contribution is -2.38. The van der Waals surface area contributed by atoms with E-state index in [0.29, 0.717) is 17.4 Å². The van der Waals surface area contributed by atoms with Crippen LogP contribution in [-0.4, -0.2) is 22.5 Å². The Labute approximate surface area is 201 Å². The van der Waals surface area contributed by atoms with Gasteiger partial charge in [-0.25, -0.2) is 4.98 Å². The summed E-state index contributed by atoms with van der Waals surface area (Å²) in [6.45, 7) is 2.10. The van der Waals surface area contributed by atoms with Crippen molar-refractivity contribution in [1.82, 2.24) is 4.98 Å². The van der Waals surface area contributed by atoms with Gasteiger partial charge in [-0.3, -0.25) is 4.79 Å².